The molecule has 0 spiro atoms. The molecule has 0 aliphatic heterocycles. The van der Waals surface area contributed by atoms with E-state index in [-0.39, 0.29) is 11.1 Å². The predicted molar refractivity (Wildman–Crippen MR) is 84.5 cm³/mol. The molecule has 0 saturated carbocycles. The molecule has 1 aliphatic carbocycles. The Morgan fingerprint density at radius 3 is 3.14 bits per heavy atom. The number of aryl methyl sites for hydroxylation is 1. The lowest BCUT2D eigenvalue weighted by Crippen LogP contribution is -2.17. The highest BCUT2D eigenvalue weighted by molar-refractivity contribution is 7.10. The average Bonchev–Trinajstić information content (AvgIpc) is 3.03. The minimum atomic E-state index is -0.464. The van der Waals surface area contributed by atoms with Crippen LogP contribution < -0.4 is 5.73 Å². The van der Waals surface area contributed by atoms with E-state index in [2.05, 4.69) is 16.4 Å². The molecule has 3 aromatic rings. The lowest BCUT2D eigenvalue weighted by atomic mass is 9.93. The van der Waals surface area contributed by atoms with Crippen LogP contribution >= 0.6 is 22.9 Å². The van der Waals surface area contributed by atoms with E-state index in [1.54, 1.807) is 17.4 Å². The quantitative estimate of drug-likeness (QED) is 0.722. The summed E-state index contributed by atoms with van der Waals surface area (Å²) in [6, 6.07) is 5.28. The summed E-state index contributed by atoms with van der Waals surface area (Å²) in [5, 5.41) is 2.22. The number of fused-ring (bicyclic) bond motifs is 2. The van der Waals surface area contributed by atoms with E-state index < -0.39 is 5.82 Å². The van der Waals surface area contributed by atoms with Crippen LogP contribution in [0.2, 0.25) is 5.02 Å². The minimum absolute atomic E-state index is 0.102. The lowest BCUT2D eigenvalue weighted by molar-refractivity contribution is 0.510. The van der Waals surface area contributed by atoms with E-state index in [1.165, 1.54) is 16.5 Å². The van der Waals surface area contributed by atoms with Gasteiger partial charge in [0.1, 0.15) is 5.82 Å². The Balaban J connectivity index is 1.96. The van der Waals surface area contributed by atoms with Gasteiger partial charge in [0.05, 0.1) is 22.1 Å². The smallest absolute Gasteiger partial charge is 0.201 e. The Morgan fingerprint density at radius 2 is 2.29 bits per heavy atom. The van der Waals surface area contributed by atoms with E-state index >= 15 is 0 Å². The highest BCUT2D eigenvalue weighted by atomic mass is 35.5. The van der Waals surface area contributed by atoms with Gasteiger partial charge in [-0.05, 0) is 42.3 Å². The Kier molecular flexibility index (Phi) is 2.94. The van der Waals surface area contributed by atoms with E-state index in [0.29, 0.717) is 11.5 Å². The summed E-state index contributed by atoms with van der Waals surface area (Å²) in [5.74, 6) is -0.0515. The van der Waals surface area contributed by atoms with Gasteiger partial charge in [0.15, 0.2) is 0 Å². The molecule has 1 atom stereocenters. The molecule has 0 fully saturated rings. The van der Waals surface area contributed by atoms with Gasteiger partial charge in [-0.1, -0.05) is 11.6 Å². The van der Waals surface area contributed by atoms with E-state index in [0.717, 1.165) is 24.8 Å². The average molecular weight is 322 g/mol. The SMILES string of the molecule is Nc1nc2cc(F)c(Cl)cc2n1C1CCCc2sccc21. The van der Waals surface area contributed by atoms with E-state index in [4.69, 9.17) is 17.3 Å². The number of benzene rings is 1. The fourth-order valence-corrected chi connectivity index (χ4v) is 4.31. The molecule has 0 amide bonds. The summed E-state index contributed by atoms with van der Waals surface area (Å²) in [6.45, 7) is 0. The number of hydrogen-bond donors (Lipinski definition) is 1. The monoisotopic (exact) mass is 321 g/mol. The third-order valence-corrected chi connectivity index (χ3v) is 5.38. The van der Waals surface area contributed by atoms with Crippen molar-refractivity contribution in [3.05, 3.63) is 44.9 Å². The minimum Gasteiger partial charge on any atom is -0.369 e. The molecule has 0 bridgehead atoms. The first-order chi connectivity index (χ1) is 10.1. The topological polar surface area (TPSA) is 43.8 Å². The maximum Gasteiger partial charge on any atom is 0.201 e. The molecule has 1 unspecified atom stereocenters. The Morgan fingerprint density at radius 1 is 1.43 bits per heavy atom. The fourth-order valence-electron chi connectivity index (χ4n) is 3.17. The maximum atomic E-state index is 13.6. The van der Waals surface area contributed by atoms with Crippen molar-refractivity contribution in [3.8, 4) is 0 Å². The molecule has 0 saturated heterocycles. The number of imidazole rings is 1. The normalized spacial score (nSPS) is 18.1. The molecule has 6 heteroatoms. The van der Waals surface area contributed by atoms with Crippen molar-refractivity contribution in [1.82, 2.24) is 9.55 Å². The first kappa shape index (κ1) is 13.1. The first-order valence-electron chi connectivity index (χ1n) is 6.84. The fraction of sp³-hybridized carbons (Fsp3) is 0.267. The van der Waals surface area contributed by atoms with Gasteiger partial charge < -0.3 is 10.3 Å². The van der Waals surface area contributed by atoms with Crippen LogP contribution in [-0.4, -0.2) is 9.55 Å². The Labute approximate surface area is 130 Å². The zero-order valence-corrected chi connectivity index (χ0v) is 12.7. The second-order valence-electron chi connectivity index (χ2n) is 5.30. The third kappa shape index (κ3) is 1.95. The van der Waals surface area contributed by atoms with Gasteiger partial charge >= 0.3 is 0 Å². The van der Waals surface area contributed by atoms with Gasteiger partial charge in [0.25, 0.3) is 0 Å². The van der Waals surface area contributed by atoms with Crippen LogP contribution in [0.25, 0.3) is 11.0 Å². The number of aromatic nitrogens is 2. The summed E-state index contributed by atoms with van der Waals surface area (Å²) in [5.41, 5.74) is 8.75. The largest absolute Gasteiger partial charge is 0.369 e. The van der Waals surface area contributed by atoms with Crippen LogP contribution in [0, 0.1) is 5.82 Å². The second kappa shape index (κ2) is 4.71. The highest BCUT2D eigenvalue weighted by Gasteiger charge is 2.26. The second-order valence-corrected chi connectivity index (χ2v) is 6.71. The summed E-state index contributed by atoms with van der Waals surface area (Å²) in [7, 11) is 0. The van der Waals surface area contributed by atoms with E-state index in [9.17, 15) is 4.39 Å². The van der Waals surface area contributed by atoms with Crippen molar-refractivity contribution >= 4 is 39.9 Å². The highest BCUT2D eigenvalue weighted by Crippen LogP contribution is 2.39. The molecule has 108 valence electrons. The van der Waals surface area contributed by atoms with Crippen LogP contribution in [0.15, 0.2) is 23.6 Å². The van der Waals surface area contributed by atoms with Gasteiger partial charge in [-0.2, -0.15) is 0 Å². The van der Waals surface area contributed by atoms with Gasteiger partial charge in [0.2, 0.25) is 5.95 Å². The summed E-state index contributed by atoms with van der Waals surface area (Å²) in [6.07, 6.45) is 3.24. The molecule has 1 aliphatic rings. The Hall–Kier alpha value is -1.59. The number of nitrogens with zero attached hydrogens (tertiary/aromatic N) is 2. The zero-order valence-electron chi connectivity index (χ0n) is 11.1. The number of nitrogens with two attached hydrogens (primary N) is 1. The molecule has 0 radical (unpaired) electrons. The number of anilines is 1. The predicted octanol–water partition coefficient (Wildman–Crippen LogP) is 4.40. The number of thiophene rings is 1. The maximum absolute atomic E-state index is 13.6. The third-order valence-electron chi connectivity index (χ3n) is 4.09. The molecule has 3 nitrogen and oxygen atoms in total. The van der Waals surface area contributed by atoms with E-state index in [1.807, 2.05) is 4.57 Å². The first-order valence-corrected chi connectivity index (χ1v) is 8.09. The van der Waals surface area contributed by atoms with Gasteiger partial charge in [0, 0.05) is 10.9 Å². The van der Waals surface area contributed by atoms with Crippen LogP contribution in [0.5, 0.6) is 0 Å². The molecule has 2 heterocycles. The molecule has 4 rings (SSSR count). The Bertz CT molecular complexity index is 839. The van der Waals surface area contributed by atoms with Crippen LogP contribution in [0.1, 0.15) is 29.3 Å². The number of nitrogen functional groups attached to an aromatic ring is 1. The summed E-state index contributed by atoms with van der Waals surface area (Å²) in [4.78, 5) is 5.70. The summed E-state index contributed by atoms with van der Waals surface area (Å²) >= 11 is 7.71. The van der Waals surface area contributed by atoms with Crippen molar-refractivity contribution in [3.63, 3.8) is 0 Å². The van der Waals surface area contributed by atoms with Gasteiger partial charge in [-0.15, -0.1) is 11.3 Å². The van der Waals surface area contributed by atoms with Gasteiger partial charge in [-0.25, -0.2) is 9.37 Å². The lowest BCUT2D eigenvalue weighted by Gasteiger charge is -2.25. The molecular formula is C15H13ClFN3S. The van der Waals surface area contributed by atoms with Crippen molar-refractivity contribution in [2.75, 3.05) is 5.73 Å². The van der Waals surface area contributed by atoms with Crippen LogP contribution in [0.4, 0.5) is 10.3 Å². The molecular weight excluding hydrogens is 309 g/mol. The van der Waals surface area contributed by atoms with Crippen LogP contribution in [0.3, 0.4) is 0 Å². The molecule has 21 heavy (non-hydrogen) atoms. The van der Waals surface area contributed by atoms with Crippen molar-refractivity contribution < 1.29 is 4.39 Å². The van der Waals surface area contributed by atoms with Crippen molar-refractivity contribution in [2.45, 2.75) is 25.3 Å². The number of halogens is 2. The zero-order chi connectivity index (χ0) is 14.6. The molecule has 2 aromatic heterocycles. The van der Waals surface area contributed by atoms with Crippen molar-refractivity contribution in [2.24, 2.45) is 0 Å². The number of rotatable bonds is 1. The summed E-state index contributed by atoms with van der Waals surface area (Å²) < 4.78 is 15.6. The number of hydrogen-bond acceptors (Lipinski definition) is 3. The molecule has 1 aromatic carbocycles. The molecule has 2 N–H and O–H groups in total. The van der Waals surface area contributed by atoms with Crippen LogP contribution in [-0.2, 0) is 6.42 Å². The van der Waals surface area contributed by atoms with Gasteiger partial charge in [-0.3, -0.25) is 0 Å². The van der Waals surface area contributed by atoms with Crippen molar-refractivity contribution in [1.29, 1.82) is 0 Å². The standard InChI is InChI=1S/C15H13ClFN3S/c16-9-6-13-11(7-10(9)17)19-15(18)20(13)12-2-1-3-14-8(12)4-5-21-14/h4-7,12H,1-3H2,(H2,18,19).